The summed E-state index contributed by atoms with van der Waals surface area (Å²) in [6.07, 6.45) is 26.5. The summed E-state index contributed by atoms with van der Waals surface area (Å²) in [4.78, 5) is 35.5. The molecule has 0 saturated heterocycles. The first-order chi connectivity index (χ1) is 25.2. The second-order valence-corrected chi connectivity index (χ2v) is 14.0. The lowest BCUT2D eigenvalue weighted by atomic mass is 10.0. The van der Waals surface area contributed by atoms with Crippen molar-refractivity contribution in [3.63, 3.8) is 0 Å². The van der Waals surface area contributed by atoms with Crippen LogP contribution in [0.25, 0.3) is 0 Å². The molecule has 0 rings (SSSR count). The van der Waals surface area contributed by atoms with Crippen molar-refractivity contribution < 1.29 is 44.4 Å². The highest BCUT2D eigenvalue weighted by molar-refractivity contribution is 7.47. The molecule has 0 bridgehead atoms. The van der Waals surface area contributed by atoms with Gasteiger partial charge in [0.2, 0.25) is 0 Å². The van der Waals surface area contributed by atoms with Crippen molar-refractivity contribution in [2.75, 3.05) is 26.3 Å². The molecular weight excluding hydrogens is 629 g/mol. The molecular formula is C38H74NO8P. The maximum absolute atomic E-state index is 12.8. The Bertz CT molecular complexity index is 1020. The molecule has 10 heteroatoms. The van der Waals surface area contributed by atoms with Crippen molar-refractivity contribution in [3.05, 3.63) is 12.2 Å². The first-order valence-electron chi connectivity index (χ1n) is 21.6. The number of hydrogen-bond donors (Lipinski definition) is 2. The number of phosphoric ester groups is 1. The van der Waals surface area contributed by atoms with Gasteiger partial charge in [0.15, 0.2) is 6.08 Å². The molecule has 0 heterocycles. The zero-order chi connectivity index (χ0) is 39.9. The van der Waals surface area contributed by atoms with Gasteiger partial charge in [0.05, 0.1) is 20.0 Å². The predicted molar refractivity (Wildman–Crippen MR) is 197 cm³/mol. The van der Waals surface area contributed by atoms with Gasteiger partial charge in [-0.3, -0.25) is 18.6 Å². The van der Waals surface area contributed by atoms with Gasteiger partial charge in [0.25, 0.3) is 0 Å². The lowest BCUT2D eigenvalue weighted by Crippen LogP contribution is -2.29. The van der Waals surface area contributed by atoms with E-state index in [9.17, 15) is 19.0 Å². The summed E-state index contributed by atoms with van der Waals surface area (Å²) >= 11 is 0. The Kier molecular flexibility index (Phi) is 28.2. The van der Waals surface area contributed by atoms with Gasteiger partial charge in [-0.25, -0.2) is 4.57 Å². The Morgan fingerprint density at radius 3 is 1.56 bits per heavy atom. The van der Waals surface area contributed by atoms with Crippen molar-refractivity contribution in [2.45, 2.75) is 193 Å². The van der Waals surface area contributed by atoms with Crippen LogP contribution in [-0.2, 0) is 32.7 Å². The van der Waals surface area contributed by atoms with Gasteiger partial charge in [-0.2, -0.15) is 0 Å². The summed E-state index contributed by atoms with van der Waals surface area (Å²) in [7, 11) is -5.25. The number of esters is 2. The normalized spacial score (nSPS) is 16.3. The van der Waals surface area contributed by atoms with Gasteiger partial charge in [-0.05, 0) is 38.5 Å². The summed E-state index contributed by atoms with van der Waals surface area (Å²) < 4.78 is 73.3. The molecule has 0 aliphatic heterocycles. The van der Waals surface area contributed by atoms with Gasteiger partial charge >= 0.3 is 19.8 Å². The number of unbranched alkanes of at least 4 members (excludes halogenated alkanes) is 22. The van der Waals surface area contributed by atoms with E-state index < -0.39 is 45.6 Å². The molecule has 9 nitrogen and oxygen atoms in total. The van der Waals surface area contributed by atoms with Crippen molar-refractivity contribution in [1.82, 2.24) is 0 Å². The molecule has 48 heavy (non-hydrogen) atoms. The minimum absolute atomic E-state index is 0.210. The van der Waals surface area contributed by atoms with Gasteiger partial charge < -0.3 is 20.1 Å². The fourth-order valence-corrected chi connectivity index (χ4v) is 5.71. The molecule has 0 fully saturated rings. The van der Waals surface area contributed by atoms with E-state index in [2.05, 4.69) is 35.0 Å². The van der Waals surface area contributed by atoms with Crippen LogP contribution >= 0.6 is 7.82 Å². The summed E-state index contributed by atoms with van der Waals surface area (Å²) in [5, 5.41) is 0. The minimum atomic E-state index is -5.25. The molecule has 0 aliphatic carbocycles. The number of hydrogen-bond acceptors (Lipinski definition) is 8. The first kappa shape index (κ1) is 38.0. The second kappa shape index (κ2) is 35.6. The average Bonchev–Trinajstić information content (AvgIpc) is 3.08. The maximum atomic E-state index is 12.8. The lowest BCUT2D eigenvalue weighted by molar-refractivity contribution is -0.161. The monoisotopic (exact) mass is 709 g/mol. The maximum Gasteiger partial charge on any atom is 0.472 e. The van der Waals surface area contributed by atoms with Crippen LogP contribution < -0.4 is 5.73 Å². The van der Waals surface area contributed by atoms with Crippen LogP contribution in [0.15, 0.2) is 12.2 Å². The Hall–Kier alpha value is -1.25. The molecule has 0 aromatic carbocycles. The number of ether oxygens (including phenoxy) is 2. The van der Waals surface area contributed by atoms with E-state index in [1.165, 1.54) is 83.5 Å². The quantitative estimate of drug-likeness (QED) is 0.0280. The van der Waals surface area contributed by atoms with Gasteiger partial charge in [-0.1, -0.05) is 148 Å². The Morgan fingerprint density at radius 2 is 1.08 bits per heavy atom. The highest BCUT2D eigenvalue weighted by Crippen LogP contribution is 2.43. The average molecular weight is 709 g/mol. The second-order valence-electron chi connectivity index (χ2n) is 12.6. The van der Waals surface area contributed by atoms with Crippen LogP contribution in [-0.4, -0.2) is 49.2 Å². The Morgan fingerprint density at radius 1 is 0.667 bits per heavy atom. The number of rotatable bonds is 37. The molecule has 0 spiro atoms. The van der Waals surface area contributed by atoms with Crippen LogP contribution in [0.4, 0.5) is 0 Å². The van der Waals surface area contributed by atoms with Crippen molar-refractivity contribution in [1.29, 1.82) is 0 Å². The van der Waals surface area contributed by atoms with Crippen molar-refractivity contribution in [2.24, 2.45) is 5.73 Å². The zero-order valence-electron chi connectivity index (χ0n) is 35.5. The van der Waals surface area contributed by atoms with E-state index in [-0.39, 0.29) is 19.4 Å². The van der Waals surface area contributed by atoms with E-state index >= 15 is 0 Å². The van der Waals surface area contributed by atoms with Gasteiger partial charge in [0, 0.05) is 19.4 Å². The molecule has 1 unspecified atom stereocenters. The minimum Gasteiger partial charge on any atom is -0.462 e. The smallest absolute Gasteiger partial charge is 0.462 e. The predicted octanol–water partition coefficient (Wildman–Crippen LogP) is 10.7. The largest absolute Gasteiger partial charge is 0.472 e. The topological polar surface area (TPSA) is 134 Å². The van der Waals surface area contributed by atoms with Crippen LogP contribution in [0.2, 0.25) is 0 Å². The van der Waals surface area contributed by atoms with Crippen LogP contribution in [0.5, 0.6) is 0 Å². The number of carbonyl (C=O) groups excluding carboxylic acids is 2. The summed E-state index contributed by atoms with van der Waals surface area (Å²) in [6, 6.07) is 0. The highest BCUT2D eigenvalue weighted by atomic mass is 31.2. The van der Waals surface area contributed by atoms with E-state index in [1.807, 2.05) is 0 Å². The molecule has 0 saturated carbocycles. The van der Waals surface area contributed by atoms with Gasteiger partial charge in [-0.15, -0.1) is 0 Å². The van der Waals surface area contributed by atoms with Crippen LogP contribution in [0, 0.1) is 0 Å². The van der Waals surface area contributed by atoms with Crippen molar-refractivity contribution >= 4 is 19.8 Å². The number of phosphoric acid groups is 1. The SMILES string of the molecule is [2H]C([2H])(OC(=O)CCCCCCCCCCCCCCCC)[C@@]([2H])(OC(=O)CCCCCCC/C=C\CCCCCC)C([2H])([2H])OP(=O)(O)OCCN. The van der Waals surface area contributed by atoms with Crippen LogP contribution in [0.1, 0.15) is 194 Å². The third-order valence-corrected chi connectivity index (χ3v) is 8.81. The van der Waals surface area contributed by atoms with Crippen molar-refractivity contribution in [3.8, 4) is 0 Å². The molecule has 0 aliphatic rings. The highest BCUT2D eigenvalue weighted by Gasteiger charge is 2.25. The summed E-state index contributed by atoms with van der Waals surface area (Å²) in [5.74, 6) is -2.23. The fourth-order valence-electron chi connectivity index (χ4n) is 5.13. The fraction of sp³-hybridized carbons (Fsp3) is 0.895. The summed E-state index contributed by atoms with van der Waals surface area (Å²) in [6.45, 7) is -3.73. The zero-order valence-corrected chi connectivity index (χ0v) is 31.4. The molecule has 0 radical (unpaired) electrons. The standard InChI is InChI=1S/C38H74NO8P/c1-3-5-7-9-11-13-15-17-19-20-22-24-26-28-30-37(40)44-34-36(35-46-48(42,43)45-33-32-39)47-38(41)31-29-27-25-23-21-18-16-14-12-10-8-6-4-2/h14,16,36H,3-13,15,17-35,39H2,1-2H3,(H,42,43)/b16-14-/t36-/m1/s1/i34D2,35D2,36D. The number of nitrogens with two attached hydrogens (primary N) is 1. The number of allylic oxidation sites excluding steroid dienone is 2. The van der Waals surface area contributed by atoms with Gasteiger partial charge in [0.1, 0.15) is 6.56 Å². The van der Waals surface area contributed by atoms with E-state index in [1.54, 1.807) is 0 Å². The Labute approximate surface area is 301 Å². The van der Waals surface area contributed by atoms with E-state index in [4.69, 9.17) is 22.1 Å². The lowest BCUT2D eigenvalue weighted by Gasteiger charge is -2.19. The van der Waals surface area contributed by atoms with E-state index in [0.717, 1.165) is 51.4 Å². The van der Waals surface area contributed by atoms with E-state index in [0.29, 0.717) is 25.7 Å². The molecule has 0 aromatic heterocycles. The third-order valence-electron chi connectivity index (χ3n) is 7.98. The number of carbonyl (C=O) groups is 2. The van der Waals surface area contributed by atoms with Crippen LogP contribution in [0.3, 0.4) is 0 Å². The first-order valence-corrected chi connectivity index (χ1v) is 20.6. The molecule has 2 atom stereocenters. The Balaban J connectivity index is 4.95. The molecule has 0 amide bonds. The molecule has 284 valence electrons. The summed E-state index contributed by atoms with van der Waals surface area (Å²) in [5.41, 5.74) is 5.28. The molecule has 3 N–H and O–H groups in total. The third kappa shape index (κ3) is 34.6. The molecule has 0 aromatic rings.